The van der Waals surface area contributed by atoms with Gasteiger partial charge in [0.15, 0.2) is 5.65 Å². The fourth-order valence-electron chi connectivity index (χ4n) is 2.42. The van der Waals surface area contributed by atoms with E-state index in [1.165, 1.54) is 26.3 Å². The Bertz CT molecular complexity index is 928. The van der Waals surface area contributed by atoms with Gasteiger partial charge in [-0.2, -0.15) is 0 Å². The lowest BCUT2D eigenvalue weighted by Crippen LogP contribution is -2.22. The molecule has 0 saturated carbocycles. The van der Waals surface area contributed by atoms with Gasteiger partial charge in [-0.25, -0.2) is 18.7 Å². The summed E-state index contributed by atoms with van der Waals surface area (Å²) >= 11 is 0. The number of anilines is 1. The van der Waals surface area contributed by atoms with Gasteiger partial charge >= 0.3 is 6.09 Å². The fraction of sp³-hybridized carbons (Fsp3) is 0.235. The summed E-state index contributed by atoms with van der Waals surface area (Å²) in [4.78, 5) is 15.3. The Kier molecular flexibility index (Phi) is 5.16. The average Bonchev–Trinajstić information content (AvgIpc) is 3.08. The zero-order chi connectivity index (χ0) is 18.5. The van der Waals surface area contributed by atoms with E-state index in [1.54, 1.807) is 28.9 Å². The molecule has 136 valence electrons. The molecule has 0 spiro atoms. The van der Waals surface area contributed by atoms with Crippen LogP contribution in [0.3, 0.4) is 0 Å². The van der Waals surface area contributed by atoms with E-state index in [2.05, 4.69) is 20.7 Å². The Morgan fingerprint density at radius 1 is 1.31 bits per heavy atom. The molecule has 3 rings (SSSR count). The molecule has 2 N–H and O–H groups in total. The van der Waals surface area contributed by atoms with Crippen LogP contribution in [0.25, 0.3) is 16.9 Å². The van der Waals surface area contributed by atoms with Crippen LogP contribution >= 0.6 is 0 Å². The molecular weight excluding hydrogens is 341 g/mol. The summed E-state index contributed by atoms with van der Waals surface area (Å²) in [7, 11) is 2.98. The molecule has 2 aromatic heterocycles. The number of rotatable bonds is 6. The molecule has 2 heterocycles. The maximum Gasteiger partial charge on any atom is 0.406 e. The van der Waals surface area contributed by atoms with E-state index in [4.69, 9.17) is 9.47 Å². The number of nitrogens with zero attached hydrogens (tertiary/aromatic N) is 3. The quantitative estimate of drug-likeness (QED) is 0.657. The highest BCUT2D eigenvalue weighted by atomic mass is 19.1. The number of nitrogens with one attached hydrogen (secondary N) is 2. The minimum absolute atomic E-state index is 0.196. The predicted molar refractivity (Wildman–Crippen MR) is 93.8 cm³/mol. The van der Waals surface area contributed by atoms with Crippen LogP contribution in [0.5, 0.6) is 5.75 Å². The van der Waals surface area contributed by atoms with Crippen molar-refractivity contribution in [2.75, 3.05) is 32.6 Å². The number of halogens is 1. The summed E-state index contributed by atoms with van der Waals surface area (Å²) < 4.78 is 25.2. The van der Waals surface area contributed by atoms with E-state index in [0.717, 1.165) is 0 Å². The summed E-state index contributed by atoms with van der Waals surface area (Å²) in [5.74, 6) is 0.593. The molecule has 1 amide bonds. The van der Waals surface area contributed by atoms with Gasteiger partial charge in [0.25, 0.3) is 0 Å². The van der Waals surface area contributed by atoms with E-state index in [0.29, 0.717) is 35.0 Å². The number of hydrogen-bond acceptors (Lipinski definition) is 6. The van der Waals surface area contributed by atoms with E-state index < -0.39 is 6.09 Å². The SMILES string of the molecule is CNC(=O)OCCNc1ccc2ncc(-c3ccc(F)cc3OC)n2n1. The molecule has 0 fully saturated rings. The molecule has 0 unspecified atom stereocenters. The number of hydrogen-bond donors (Lipinski definition) is 2. The maximum absolute atomic E-state index is 13.4. The van der Waals surface area contributed by atoms with Crippen molar-refractivity contribution in [3.63, 3.8) is 0 Å². The lowest BCUT2D eigenvalue weighted by Gasteiger charge is -2.10. The molecular formula is C17H18FN5O3. The number of carbonyl (C=O) groups excluding carboxylic acids is 1. The first-order valence-electron chi connectivity index (χ1n) is 7.89. The molecule has 0 atom stereocenters. The lowest BCUT2D eigenvalue weighted by atomic mass is 10.1. The zero-order valence-corrected chi connectivity index (χ0v) is 14.3. The van der Waals surface area contributed by atoms with E-state index >= 15 is 0 Å². The van der Waals surface area contributed by atoms with Crippen molar-refractivity contribution in [3.8, 4) is 17.0 Å². The second kappa shape index (κ2) is 7.68. The van der Waals surface area contributed by atoms with Crippen LogP contribution < -0.4 is 15.4 Å². The van der Waals surface area contributed by atoms with Crippen LogP contribution in [-0.2, 0) is 4.74 Å². The fourth-order valence-corrected chi connectivity index (χ4v) is 2.42. The Hall–Kier alpha value is -3.36. The van der Waals surface area contributed by atoms with Crippen LogP contribution in [0.1, 0.15) is 0 Å². The van der Waals surface area contributed by atoms with Crippen molar-refractivity contribution in [2.45, 2.75) is 0 Å². The number of ether oxygens (including phenoxy) is 2. The zero-order valence-electron chi connectivity index (χ0n) is 14.3. The van der Waals surface area contributed by atoms with Crippen molar-refractivity contribution in [2.24, 2.45) is 0 Å². The lowest BCUT2D eigenvalue weighted by molar-refractivity contribution is 0.153. The first-order valence-corrected chi connectivity index (χ1v) is 7.89. The van der Waals surface area contributed by atoms with Gasteiger partial charge in [0.05, 0.1) is 25.5 Å². The monoisotopic (exact) mass is 359 g/mol. The third-order valence-electron chi connectivity index (χ3n) is 3.65. The summed E-state index contributed by atoms with van der Waals surface area (Å²) in [5, 5.41) is 9.92. The molecule has 1 aromatic carbocycles. The molecule has 0 bridgehead atoms. The van der Waals surface area contributed by atoms with Gasteiger partial charge < -0.3 is 20.1 Å². The third kappa shape index (κ3) is 3.66. The third-order valence-corrected chi connectivity index (χ3v) is 3.65. The summed E-state index contributed by atoms with van der Waals surface area (Å²) in [6, 6.07) is 7.86. The predicted octanol–water partition coefficient (Wildman–Crippen LogP) is 2.31. The Balaban J connectivity index is 1.84. The van der Waals surface area contributed by atoms with Gasteiger partial charge in [-0.05, 0) is 24.3 Å². The van der Waals surface area contributed by atoms with Gasteiger partial charge in [0.2, 0.25) is 0 Å². The number of benzene rings is 1. The minimum Gasteiger partial charge on any atom is -0.496 e. The topological polar surface area (TPSA) is 89.8 Å². The van der Waals surface area contributed by atoms with Gasteiger partial charge in [0, 0.05) is 18.7 Å². The number of amides is 1. The highest BCUT2D eigenvalue weighted by Gasteiger charge is 2.13. The molecule has 0 aliphatic heterocycles. The van der Waals surface area contributed by atoms with E-state index in [-0.39, 0.29) is 12.4 Å². The Morgan fingerprint density at radius 2 is 2.15 bits per heavy atom. The molecule has 8 nitrogen and oxygen atoms in total. The van der Waals surface area contributed by atoms with Crippen molar-refractivity contribution >= 4 is 17.6 Å². The summed E-state index contributed by atoms with van der Waals surface area (Å²) in [5.41, 5.74) is 1.98. The second-order valence-electron chi connectivity index (χ2n) is 5.29. The van der Waals surface area contributed by atoms with E-state index in [1.807, 2.05) is 0 Å². The summed E-state index contributed by atoms with van der Waals surface area (Å²) in [6.45, 7) is 0.595. The first-order chi connectivity index (χ1) is 12.6. The normalized spacial score (nSPS) is 10.6. The largest absolute Gasteiger partial charge is 0.496 e. The standard InChI is InChI=1S/C17H18FN5O3/c1-19-17(24)26-8-7-20-15-5-6-16-21-10-13(23(16)22-15)12-4-3-11(18)9-14(12)25-2/h3-6,9-10H,7-8H2,1-2H3,(H,19,24)(H,20,22). The van der Waals surface area contributed by atoms with Crippen molar-refractivity contribution in [1.29, 1.82) is 0 Å². The highest BCUT2D eigenvalue weighted by molar-refractivity contribution is 5.70. The van der Waals surface area contributed by atoms with Crippen LogP contribution in [0.15, 0.2) is 36.5 Å². The first kappa shape index (κ1) is 17.5. The molecule has 3 aromatic rings. The number of carbonyl (C=O) groups is 1. The van der Waals surface area contributed by atoms with E-state index in [9.17, 15) is 9.18 Å². The van der Waals surface area contributed by atoms with Crippen molar-refractivity contribution in [3.05, 3.63) is 42.3 Å². The highest BCUT2D eigenvalue weighted by Crippen LogP contribution is 2.30. The van der Waals surface area contributed by atoms with Gasteiger partial charge in [-0.1, -0.05) is 0 Å². The van der Waals surface area contributed by atoms with Gasteiger partial charge in [-0.15, -0.1) is 5.10 Å². The molecule has 9 heteroatoms. The number of aromatic nitrogens is 3. The minimum atomic E-state index is -0.490. The smallest absolute Gasteiger partial charge is 0.406 e. The molecule has 0 radical (unpaired) electrons. The Labute approximate surface area is 148 Å². The maximum atomic E-state index is 13.4. The second-order valence-corrected chi connectivity index (χ2v) is 5.29. The average molecular weight is 359 g/mol. The molecule has 26 heavy (non-hydrogen) atoms. The van der Waals surface area contributed by atoms with Crippen molar-refractivity contribution < 1.29 is 18.7 Å². The summed E-state index contributed by atoms with van der Waals surface area (Å²) in [6.07, 6.45) is 1.16. The van der Waals surface area contributed by atoms with Crippen LogP contribution in [-0.4, -0.2) is 48.0 Å². The number of imidazole rings is 1. The molecule has 0 aliphatic carbocycles. The molecule has 0 saturated heterocycles. The van der Waals surface area contributed by atoms with Crippen molar-refractivity contribution in [1.82, 2.24) is 19.9 Å². The molecule has 0 aliphatic rings. The van der Waals surface area contributed by atoms with Crippen LogP contribution in [0, 0.1) is 5.82 Å². The van der Waals surface area contributed by atoms with Crippen LogP contribution in [0.4, 0.5) is 15.0 Å². The number of fused-ring (bicyclic) bond motifs is 1. The van der Waals surface area contributed by atoms with Gasteiger partial charge in [0.1, 0.15) is 24.0 Å². The Morgan fingerprint density at radius 3 is 2.92 bits per heavy atom. The number of methoxy groups -OCH3 is 1. The van der Waals surface area contributed by atoms with Gasteiger partial charge in [-0.3, -0.25) is 0 Å². The van der Waals surface area contributed by atoms with Crippen LogP contribution in [0.2, 0.25) is 0 Å². The number of alkyl carbamates (subject to hydrolysis) is 1.